The molecule has 0 bridgehead atoms. The highest BCUT2D eigenvalue weighted by Gasteiger charge is 2.29. The second-order valence-corrected chi connectivity index (χ2v) is 15.4. The molecule has 2 aromatic carbocycles. The number of benzene rings is 2. The molecule has 2 aliphatic rings. The van der Waals surface area contributed by atoms with Gasteiger partial charge < -0.3 is 14.5 Å². The first-order chi connectivity index (χ1) is 26.3. The van der Waals surface area contributed by atoms with Crippen LogP contribution in [-0.4, -0.2) is 98.6 Å². The number of anilines is 1. The van der Waals surface area contributed by atoms with Crippen LogP contribution in [0.5, 0.6) is 6.01 Å². The lowest BCUT2D eigenvalue weighted by Crippen LogP contribution is -2.48. The first kappa shape index (κ1) is 37.9. The number of aromatic nitrogens is 5. The maximum atomic E-state index is 16.9. The molecular weight excluding hydrogens is 723 g/mol. The van der Waals surface area contributed by atoms with Crippen LogP contribution in [0.25, 0.3) is 39.0 Å². The highest BCUT2D eigenvalue weighted by atomic mass is 35.5. The van der Waals surface area contributed by atoms with Crippen molar-refractivity contribution in [3.63, 3.8) is 0 Å². The lowest BCUT2D eigenvalue weighted by atomic mass is 9.96. The van der Waals surface area contributed by atoms with E-state index in [2.05, 4.69) is 26.1 Å². The zero-order valence-electron chi connectivity index (χ0n) is 31.0. The summed E-state index contributed by atoms with van der Waals surface area (Å²) in [5.41, 5.74) is 1.56. The van der Waals surface area contributed by atoms with Gasteiger partial charge in [-0.05, 0) is 94.3 Å². The minimum atomic E-state index is -0.563. The van der Waals surface area contributed by atoms with Gasteiger partial charge in [0.15, 0.2) is 5.82 Å². The van der Waals surface area contributed by atoms with Crippen molar-refractivity contribution in [2.24, 2.45) is 5.92 Å². The van der Waals surface area contributed by atoms with Crippen LogP contribution in [0.3, 0.4) is 0 Å². The van der Waals surface area contributed by atoms with E-state index in [0.717, 1.165) is 68.3 Å². The Kier molecular flexibility index (Phi) is 12.2. The summed E-state index contributed by atoms with van der Waals surface area (Å²) in [6, 6.07) is 13.1. The molecule has 5 aromatic rings. The molecule has 2 saturated heterocycles. The van der Waals surface area contributed by atoms with E-state index in [0.29, 0.717) is 58.9 Å². The van der Waals surface area contributed by atoms with Crippen LogP contribution in [0, 0.1) is 18.7 Å². The fraction of sp³-hybridized carbons (Fsp3) is 0.415. The molecule has 7 rings (SSSR count). The average Bonchev–Trinajstić information content (AvgIpc) is 3.17. The number of carbonyl (C=O) groups is 1. The first-order valence-electron chi connectivity index (χ1n) is 18.7. The van der Waals surface area contributed by atoms with Crippen LogP contribution in [-0.2, 0) is 4.79 Å². The summed E-state index contributed by atoms with van der Waals surface area (Å²) < 4.78 is 23.3. The second-order valence-electron chi connectivity index (χ2n) is 14.2. The fourth-order valence-electron chi connectivity index (χ4n) is 7.64. The van der Waals surface area contributed by atoms with Gasteiger partial charge in [0.05, 0.1) is 17.7 Å². The van der Waals surface area contributed by atoms with Crippen molar-refractivity contribution in [3.8, 4) is 17.3 Å². The molecule has 1 amide bonds. The number of thioether (sulfide) groups is 1. The van der Waals surface area contributed by atoms with Crippen molar-refractivity contribution >= 4 is 62.8 Å². The number of rotatable bonds is 10. The number of piperidine rings is 1. The van der Waals surface area contributed by atoms with E-state index in [1.54, 1.807) is 36.7 Å². The summed E-state index contributed by atoms with van der Waals surface area (Å²) in [4.78, 5) is 42.6. The highest BCUT2D eigenvalue weighted by molar-refractivity contribution is 7.98. The van der Waals surface area contributed by atoms with Gasteiger partial charge in [0, 0.05) is 66.5 Å². The number of aryl methyl sites for hydroxylation is 1. The molecule has 0 aliphatic carbocycles. The zero-order chi connectivity index (χ0) is 37.6. The summed E-state index contributed by atoms with van der Waals surface area (Å²) in [6.45, 7) is 5.54. The van der Waals surface area contributed by atoms with Gasteiger partial charge in [-0.25, -0.2) is 14.4 Å². The van der Waals surface area contributed by atoms with E-state index in [1.165, 1.54) is 0 Å². The molecule has 0 N–H and O–H groups in total. The van der Waals surface area contributed by atoms with Crippen LogP contribution in [0.2, 0.25) is 5.02 Å². The molecule has 13 heteroatoms. The maximum absolute atomic E-state index is 16.9. The van der Waals surface area contributed by atoms with Crippen molar-refractivity contribution in [1.82, 2.24) is 34.7 Å². The molecule has 54 heavy (non-hydrogen) atoms. The van der Waals surface area contributed by atoms with Gasteiger partial charge >= 0.3 is 6.01 Å². The van der Waals surface area contributed by atoms with Crippen LogP contribution in [0.15, 0.2) is 60.9 Å². The molecule has 10 nitrogen and oxygen atoms in total. The van der Waals surface area contributed by atoms with Gasteiger partial charge in [-0.3, -0.25) is 14.7 Å². The maximum Gasteiger partial charge on any atom is 0.319 e. The number of nitrogens with zero attached hydrogens (tertiary/aromatic N) is 8. The van der Waals surface area contributed by atoms with E-state index < -0.39 is 5.82 Å². The molecule has 1 atom stereocenters. The van der Waals surface area contributed by atoms with Crippen molar-refractivity contribution in [2.45, 2.75) is 51.5 Å². The molecular formula is C41H46ClFN8O2S. The normalized spacial score (nSPS) is 17.6. The Morgan fingerprint density at radius 1 is 1.04 bits per heavy atom. The number of amides is 1. The van der Waals surface area contributed by atoms with Crippen molar-refractivity contribution in [1.29, 1.82) is 0 Å². The lowest BCUT2D eigenvalue weighted by Gasteiger charge is -2.38. The zero-order valence-corrected chi connectivity index (χ0v) is 32.6. The molecule has 0 saturated carbocycles. The first-order valence-corrected chi connectivity index (χ1v) is 20.4. The number of hydrogen-bond donors (Lipinski definition) is 0. The average molecular weight is 769 g/mol. The molecule has 282 valence electrons. The summed E-state index contributed by atoms with van der Waals surface area (Å²) in [5.74, 6) is 1.92. The summed E-state index contributed by atoms with van der Waals surface area (Å²) in [6.07, 6.45) is 14.7. The summed E-state index contributed by atoms with van der Waals surface area (Å²) in [5, 5.41) is 2.61. The Hall–Kier alpha value is -4.39. The van der Waals surface area contributed by atoms with Gasteiger partial charge in [-0.2, -0.15) is 9.97 Å². The predicted octanol–water partition coefficient (Wildman–Crippen LogP) is 8.07. The number of fused-ring (bicyclic) bond motifs is 2. The third kappa shape index (κ3) is 8.61. The number of carbonyl (C=O) groups excluding carboxylic acids is 1. The topological polar surface area (TPSA) is 100 Å². The van der Waals surface area contributed by atoms with E-state index in [9.17, 15) is 4.79 Å². The van der Waals surface area contributed by atoms with E-state index in [-0.39, 0.29) is 29.2 Å². The Bertz CT molecular complexity index is 2140. The third-order valence-corrected chi connectivity index (χ3v) is 11.4. The quantitative estimate of drug-likeness (QED) is 0.130. The summed E-state index contributed by atoms with van der Waals surface area (Å²) in [7, 11) is 1.94. The van der Waals surface area contributed by atoms with Crippen molar-refractivity contribution < 1.29 is 13.9 Å². The van der Waals surface area contributed by atoms with E-state index in [1.807, 2.05) is 65.9 Å². The number of halogens is 2. The van der Waals surface area contributed by atoms with Gasteiger partial charge in [0.1, 0.15) is 22.9 Å². The van der Waals surface area contributed by atoms with Gasteiger partial charge in [-0.1, -0.05) is 41.9 Å². The van der Waals surface area contributed by atoms with Crippen LogP contribution >= 0.6 is 23.4 Å². The molecule has 0 radical (unpaired) electrons. The van der Waals surface area contributed by atoms with Crippen molar-refractivity contribution in [2.75, 3.05) is 56.9 Å². The monoisotopic (exact) mass is 768 g/mol. The molecule has 0 spiro atoms. The molecule has 2 aliphatic heterocycles. The van der Waals surface area contributed by atoms with Gasteiger partial charge in [-0.15, -0.1) is 11.8 Å². The predicted molar refractivity (Wildman–Crippen MR) is 216 cm³/mol. The van der Waals surface area contributed by atoms with Crippen molar-refractivity contribution in [3.05, 3.63) is 83.3 Å². The van der Waals surface area contributed by atoms with E-state index in [4.69, 9.17) is 26.3 Å². The number of likely N-dealkylation sites (tertiary alicyclic amines) is 2. The van der Waals surface area contributed by atoms with Crippen LogP contribution in [0.4, 0.5) is 10.2 Å². The fourth-order valence-corrected chi connectivity index (χ4v) is 8.55. The number of pyridine rings is 1. The van der Waals surface area contributed by atoms with Crippen LogP contribution < -0.4 is 9.64 Å². The Morgan fingerprint density at radius 2 is 1.81 bits per heavy atom. The van der Waals surface area contributed by atoms with E-state index >= 15 is 4.39 Å². The Balaban J connectivity index is 1.20. The smallest absolute Gasteiger partial charge is 0.319 e. The second kappa shape index (κ2) is 17.4. The van der Waals surface area contributed by atoms with Gasteiger partial charge in [0.2, 0.25) is 5.91 Å². The largest absolute Gasteiger partial charge is 0.463 e. The number of likely N-dealkylation sites (N-methyl/N-ethyl adjacent to an activating group) is 1. The van der Waals surface area contributed by atoms with Gasteiger partial charge in [0.25, 0.3) is 0 Å². The number of hydrogen-bond acceptors (Lipinski definition) is 10. The molecule has 1 unspecified atom stereocenters. The van der Waals surface area contributed by atoms with Crippen LogP contribution in [0.1, 0.15) is 50.0 Å². The third-order valence-electron chi connectivity index (χ3n) is 10.5. The minimum Gasteiger partial charge on any atom is -0.463 e. The highest BCUT2D eigenvalue weighted by Crippen LogP contribution is 2.38. The Morgan fingerprint density at radius 3 is 2.59 bits per heavy atom. The SMILES string of the molecule is CSCN1CCCC(COc2nc(N(C)C3CCCN(C(=O)/C=C/c4ccnc(C)n4)C3)c3cnc(-c4cccc5cccc(Cl)c45)c(F)c3n2)CCC1. The Labute approximate surface area is 325 Å². The summed E-state index contributed by atoms with van der Waals surface area (Å²) >= 11 is 8.53. The molecule has 5 heterocycles. The molecule has 2 fully saturated rings. The lowest BCUT2D eigenvalue weighted by molar-refractivity contribution is -0.127. The standard InChI is InChI=1S/C41H46ClFN8O2S/c1-27-44-19-18-30(46-27)16-17-35(52)51-22-8-13-31(24-51)49(2)40-33-23-45-38(32-14-4-11-29-12-5-15-34(42)36(29)32)37(43)39(33)47-41(48-40)53-25-28-9-6-20-50(26-54-3)21-7-10-28/h4-5,11-12,14-19,23,28,31H,6-10,13,20-22,24-26H2,1-3H3/b17-16+. The minimum absolute atomic E-state index is 0.0854. The number of ether oxygens (including phenoxy) is 1. The molecule has 3 aromatic heterocycles.